The summed E-state index contributed by atoms with van der Waals surface area (Å²) >= 11 is 6.22. The summed E-state index contributed by atoms with van der Waals surface area (Å²) in [5.41, 5.74) is 0.142. The second kappa shape index (κ2) is 19.3. The Kier molecular flexibility index (Phi) is 15.8. The van der Waals surface area contributed by atoms with Crippen molar-refractivity contribution in [2.45, 2.75) is 56.8 Å². The second-order valence-corrected chi connectivity index (χ2v) is 16.0. The number of hydrogen-bond donors (Lipinski definition) is 7. The first kappa shape index (κ1) is 40.9. The minimum atomic E-state index is -4.87. The summed E-state index contributed by atoms with van der Waals surface area (Å²) in [5, 5.41) is 31.9. The number of ether oxygens (including phenoxy) is 5. The first-order valence-electron chi connectivity index (χ1n) is 16.1. The van der Waals surface area contributed by atoms with Crippen molar-refractivity contribution in [3.8, 4) is 0 Å². The van der Waals surface area contributed by atoms with Gasteiger partial charge in [0, 0.05) is 25.1 Å². The Morgan fingerprint density at radius 2 is 1.66 bits per heavy atom. The third-order valence-electron chi connectivity index (χ3n) is 7.82. The van der Waals surface area contributed by atoms with E-state index >= 15 is 0 Å². The van der Waals surface area contributed by atoms with Gasteiger partial charge in [0.2, 0.25) is 11.2 Å². The molecule has 284 valence electrons. The summed E-state index contributed by atoms with van der Waals surface area (Å²) in [6.45, 7) is 5.38. The fourth-order valence-electron chi connectivity index (χ4n) is 5.47. The van der Waals surface area contributed by atoms with Crippen molar-refractivity contribution in [3.63, 3.8) is 0 Å². The van der Waals surface area contributed by atoms with Crippen molar-refractivity contribution in [1.82, 2.24) is 25.1 Å². The van der Waals surface area contributed by atoms with Gasteiger partial charge in [-0.05, 0) is 37.8 Å². The van der Waals surface area contributed by atoms with Gasteiger partial charge in [-0.3, -0.25) is 13.9 Å². The molecule has 1 aliphatic carbocycles. The maximum atomic E-state index is 12.8. The lowest BCUT2D eigenvalue weighted by molar-refractivity contribution is -0.125. The predicted octanol–water partition coefficient (Wildman–Crippen LogP) is 0.219. The van der Waals surface area contributed by atoms with Gasteiger partial charge in [0.25, 0.3) is 0 Å². The molecule has 0 spiro atoms. The minimum absolute atomic E-state index is 0.0826. The smallest absolute Gasteiger partial charge is 0.340 e. The number of aliphatic hydroxyl groups excluding tert-OH is 2. The van der Waals surface area contributed by atoms with Crippen LogP contribution in [0.2, 0.25) is 5.28 Å². The van der Waals surface area contributed by atoms with Gasteiger partial charge in [-0.25, -0.2) is 4.68 Å². The molecule has 1 saturated carbocycles. The number of carbonyl (C=O) groups is 1. The standard InChI is InChI=1S/C27H45ClN6O14P2/c1-2-43-7-8-45-11-12-46-10-9-44-6-5-29-25(37)17-3-4-18(13-17)31-23-19-14-30-34(24(19)33-27(28)32-23)26-22(36)21(35)20(48-26)15-47-50(41,42)16-49(38,39)40/h14,17-18,20-22,26,35-36H,2-13,15-16H2,1H3,(H,29,37)(H,41,42)(H,31,32,33)(H2,38,39,40)/t17?,18?,20-,21-,22-,26-/m1/s1. The number of nitrogens with one attached hydrogen (secondary N) is 2. The highest BCUT2D eigenvalue weighted by Crippen LogP contribution is 2.55. The SMILES string of the molecule is CCOCCOCCOCCOCCNC(=O)C1CCC(Nc2nc(Cl)nc3c2cnn3[C@@H]2O[C@H](COP(=O)(O)CP(=O)(O)O)[C@@H](O)[C@H]2O)C1. The lowest BCUT2D eigenvalue weighted by Crippen LogP contribution is -2.33. The summed E-state index contributed by atoms with van der Waals surface area (Å²) in [7, 11) is -9.60. The molecule has 3 heterocycles. The van der Waals surface area contributed by atoms with Gasteiger partial charge in [0.05, 0.1) is 64.4 Å². The number of anilines is 1. The summed E-state index contributed by atoms with van der Waals surface area (Å²) in [6.07, 6.45) is -2.64. The Bertz CT molecular complexity index is 1490. The van der Waals surface area contributed by atoms with E-state index in [-0.39, 0.29) is 28.8 Å². The van der Waals surface area contributed by atoms with Crippen LogP contribution in [0.4, 0.5) is 5.82 Å². The van der Waals surface area contributed by atoms with Crippen molar-refractivity contribution >= 4 is 49.6 Å². The quantitative estimate of drug-likeness (QED) is 0.0479. The van der Waals surface area contributed by atoms with Crippen molar-refractivity contribution in [2.24, 2.45) is 5.92 Å². The van der Waals surface area contributed by atoms with Crippen LogP contribution in [0.3, 0.4) is 0 Å². The number of fused-ring (bicyclic) bond motifs is 1. The maximum absolute atomic E-state index is 12.8. The van der Waals surface area contributed by atoms with Gasteiger partial charge < -0.3 is 63.7 Å². The number of aromatic nitrogens is 4. The molecule has 20 nitrogen and oxygen atoms in total. The zero-order valence-electron chi connectivity index (χ0n) is 27.4. The molecule has 4 rings (SSSR count). The number of nitrogens with zero attached hydrogens (tertiary/aromatic N) is 4. The third-order valence-corrected chi connectivity index (χ3v) is 11.4. The second-order valence-electron chi connectivity index (χ2n) is 11.6. The van der Waals surface area contributed by atoms with E-state index in [0.717, 1.165) is 4.68 Å². The number of aliphatic hydroxyl groups is 2. The van der Waals surface area contributed by atoms with Crippen LogP contribution in [-0.2, 0) is 42.1 Å². The summed E-state index contributed by atoms with van der Waals surface area (Å²) in [5.74, 6) is -1.40. The van der Waals surface area contributed by atoms with Crippen LogP contribution >= 0.6 is 26.8 Å². The van der Waals surface area contributed by atoms with Crippen LogP contribution in [0.25, 0.3) is 11.0 Å². The molecule has 7 N–H and O–H groups in total. The molecule has 23 heteroatoms. The van der Waals surface area contributed by atoms with Crippen LogP contribution in [0.15, 0.2) is 6.20 Å². The van der Waals surface area contributed by atoms with E-state index in [0.29, 0.717) is 89.9 Å². The number of amides is 1. The maximum Gasteiger partial charge on any atom is 0.340 e. The van der Waals surface area contributed by atoms with Crippen molar-refractivity contribution < 1.29 is 67.0 Å². The van der Waals surface area contributed by atoms with E-state index < -0.39 is 52.2 Å². The number of rotatable bonds is 22. The van der Waals surface area contributed by atoms with Gasteiger partial charge in [-0.2, -0.15) is 15.1 Å². The fourth-order valence-corrected chi connectivity index (χ4v) is 8.20. The Morgan fingerprint density at radius 1 is 1.00 bits per heavy atom. The molecular formula is C27H45ClN6O14P2. The molecule has 2 aliphatic rings. The van der Waals surface area contributed by atoms with Crippen LogP contribution in [-0.4, -0.2) is 147 Å². The van der Waals surface area contributed by atoms with Crippen molar-refractivity contribution in [3.05, 3.63) is 11.5 Å². The number of halogens is 1. The average Bonchev–Trinajstić information content (AvgIpc) is 3.75. The number of carbonyl (C=O) groups excluding carboxylic acids is 1. The monoisotopic (exact) mass is 774 g/mol. The molecule has 2 aromatic heterocycles. The predicted molar refractivity (Wildman–Crippen MR) is 176 cm³/mol. The summed E-state index contributed by atoms with van der Waals surface area (Å²) in [6, 6.07) is -0.126. The van der Waals surface area contributed by atoms with Gasteiger partial charge in [-0.15, -0.1) is 0 Å². The molecular weight excluding hydrogens is 730 g/mol. The van der Waals surface area contributed by atoms with Gasteiger partial charge in [0.1, 0.15) is 24.1 Å². The van der Waals surface area contributed by atoms with Crippen LogP contribution in [0.5, 0.6) is 0 Å². The van der Waals surface area contributed by atoms with Crippen LogP contribution in [0.1, 0.15) is 32.4 Å². The highest BCUT2D eigenvalue weighted by atomic mass is 35.5. The molecule has 2 aromatic rings. The molecule has 1 saturated heterocycles. The Hall–Kier alpha value is -1.87. The van der Waals surface area contributed by atoms with Crippen molar-refractivity contribution in [2.75, 3.05) is 77.2 Å². The van der Waals surface area contributed by atoms with E-state index in [2.05, 4.69) is 25.7 Å². The lowest BCUT2D eigenvalue weighted by atomic mass is 10.1. The van der Waals surface area contributed by atoms with Crippen LogP contribution < -0.4 is 10.6 Å². The van der Waals surface area contributed by atoms with E-state index in [1.54, 1.807) is 0 Å². The summed E-state index contributed by atoms with van der Waals surface area (Å²) in [4.78, 5) is 49.0. The summed E-state index contributed by atoms with van der Waals surface area (Å²) < 4.78 is 56.2. The van der Waals surface area contributed by atoms with E-state index in [1.165, 1.54) is 6.20 Å². The van der Waals surface area contributed by atoms with E-state index in [4.69, 9.17) is 49.6 Å². The molecule has 7 atom stereocenters. The van der Waals surface area contributed by atoms with Gasteiger partial charge >= 0.3 is 15.2 Å². The molecule has 1 aliphatic heterocycles. The molecule has 0 bridgehead atoms. The Morgan fingerprint density at radius 3 is 2.32 bits per heavy atom. The van der Waals surface area contributed by atoms with Gasteiger partial charge in [0.15, 0.2) is 17.8 Å². The molecule has 0 aromatic carbocycles. The number of hydrogen-bond acceptors (Lipinski definition) is 15. The highest BCUT2D eigenvalue weighted by Gasteiger charge is 2.46. The minimum Gasteiger partial charge on any atom is -0.387 e. The van der Waals surface area contributed by atoms with Crippen LogP contribution in [0, 0.1) is 5.92 Å². The zero-order chi connectivity index (χ0) is 36.3. The van der Waals surface area contributed by atoms with Crippen molar-refractivity contribution in [1.29, 1.82) is 0 Å². The molecule has 3 unspecified atom stereocenters. The molecule has 2 fully saturated rings. The fraction of sp³-hybridized carbons (Fsp3) is 0.778. The highest BCUT2D eigenvalue weighted by molar-refractivity contribution is 7.70. The molecule has 1 amide bonds. The van der Waals surface area contributed by atoms with Gasteiger partial charge in [-0.1, -0.05) is 0 Å². The third kappa shape index (κ3) is 12.4. The lowest BCUT2D eigenvalue weighted by Gasteiger charge is -2.18. The van der Waals surface area contributed by atoms with E-state index in [1.807, 2.05) is 6.92 Å². The molecule has 50 heavy (non-hydrogen) atoms. The van der Waals surface area contributed by atoms with E-state index in [9.17, 15) is 29.0 Å². The topological polar surface area (TPSA) is 275 Å². The normalized spacial score (nSPS) is 25.3. The molecule has 0 radical (unpaired) electrons. The zero-order valence-corrected chi connectivity index (χ0v) is 30.0. The Labute approximate surface area is 292 Å². The first-order valence-corrected chi connectivity index (χ1v) is 20.0. The largest absolute Gasteiger partial charge is 0.387 e. The first-order chi connectivity index (χ1) is 23.8. The average molecular weight is 775 g/mol. The Balaban J connectivity index is 1.22.